The Morgan fingerprint density at radius 1 is 1.11 bits per heavy atom. The van der Waals surface area contributed by atoms with Crippen molar-refractivity contribution < 1.29 is 4.79 Å². The minimum Gasteiger partial charge on any atom is -0.331 e. The first kappa shape index (κ1) is 19.3. The number of likely N-dealkylation sites (N-methyl/N-ethyl adjacent to an activating group) is 1. The third-order valence-electron chi connectivity index (χ3n) is 4.42. The molecular formula is C21H26N4OS. The number of thiophene rings is 1. The van der Waals surface area contributed by atoms with E-state index in [9.17, 15) is 4.79 Å². The third kappa shape index (κ3) is 4.84. The monoisotopic (exact) mass is 382 g/mol. The summed E-state index contributed by atoms with van der Waals surface area (Å²) in [5.74, 6) is -0.0271. The molecule has 0 aliphatic carbocycles. The lowest BCUT2D eigenvalue weighted by atomic mass is 10.1. The zero-order chi connectivity index (χ0) is 19.4. The number of carbonyl (C=O) groups excluding carboxylic acids is 1. The molecule has 0 spiro atoms. The Morgan fingerprint density at radius 3 is 2.48 bits per heavy atom. The number of benzene rings is 1. The molecule has 2 heterocycles. The Morgan fingerprint density at radius 2 is 1.85 bits per heavy atom. The molecule has 27 heavy (non-hydrogen) atoms. The SMILES string of the molecule is Cc1ccc(CN(CCN(C)C)C(=O)c2cc(-c3ccccc3)n(C)n2)s1. The first-order valence-electron chi connectivity index (χ1n) is 9.03. The number of aryl methyl sites for hydroxylation is 2. The van der Waals surface area contributed by atoms with Gasteiger partial charge >= 0.3 is 0 Å². The van der Waals surface area contributed by atoms with E-state index in [2.05, 4.69) is 29.1 Å². The van der Waals surface area contributed by atoms with Crippen LogP contribution in [0.25, 0.3) is 11.3 Å². The molecule has 3 aromatic rings. The minimum atomic E-state index is -0.0271. The molecule has 5 nitrogen and oxygen atoms in total. The molecule has 0 aliphatic heterocycles. The van der Waals surface area contributed by atoms with E-state index in [0.717, 1.165) is 17.8 Å². The summed E-state index contributed by atoms with van der Waals surface area (Å²) in [7, 11) is 5.92. The van der Waals surface area contributed by atoms with Crippen LogP contribution in [0, 0.1) is 6.92 Å². The van der Waals surface area contributed by atoms with Gasteiger partial charge < -0.3 is 9.80 Å². The van der Waals surface area contributed by atoms with Crippen molar-refractivity contribution in [3.8, 4) is 11.3 Å². The summed E-state index contributed by atoms with van der Waals surface area (Å²) in [5.41, 5.74) is 2.49. The predicted molar refractivity (Wildman–Crippen MR) is 111 cm³/mol. The molecule has 142 valence electrons. The average molecular weight is 383 g/mol. The topological polar surface area (TPSA) is 41.4 Å². The summed E-state index contributed by atoms with van der Waals surface area (Å²) < 4.78 is 1.78. The summed E-state index contributed by atoms with van der Waals surface area (Å²) in [4.78, 5) is 19.6. The highest BCUT2D eigenvalue weighted by atomic mass is 32.1. The van der Waals surface area contributed by atoms with Gasteiger partial charge in [-0.1, -0.05) is 30.3 Å². The quantitative estimate of drug-likeness (QED) is 0.626. The number of nitrogens with zero attached hydrogens (tertiary/aromatic N) is 4. The van der Waals surface area contributed by atoms with Crippen molar-refractivity contribution in [1.82, 2.24) is 19.6 Å². The molecule has 1 amide bonds. The lowest BCUT2D eigenvalue weighted by Crippen LogP contribution is -2.36. The van der Waals surface area contributed by atoms with Gasteiger partial charge in [0.2, 0.25) is 0 Å². The van der Waals surface area contributed by atoms with E-state index >= 15 is 0 Å². The van der Waals surface area contributed by atoms with Crippen molar-refractivity contribution >= 4 is 17.2 Å². The number of hydrogen-bond donors (Lipinski definition) is 0. The summed E-state index contributed by atoms with van der Waals surface area (Å²) in [6, 6.07) is 16.1. The van der Waals surface area contributed by atoms with Gasteiger partial charge in [-0.05, 0) is 44.8 Å². The van der Waals surface area contributed by atoms with Gasteiger partial charge in [-0.25, -0.2) is 0 Å². The second kappa shape index (κ2) is 8.50. The Labute approximate surface area is 164 Å². The van der Waals surface area contributed by atoms with Crippen LogP contribution in [0.5, 0.6) is 0 Å². The van der Waals surface area contributed by atoms with Crippen molar-refractivity contribution in [2.45, 2.75) is 13.5 Å². The second-order valence-corrected chi connectivity index (χ2v) is 8.32. The van der Waals surface area contributed by atoms with Crippen molar-refractivity contribution in [1.29, 1.82) is 0 Å². The maximum atomic E-state index is 13.2. The van der Waals surface area contributed by atoms with Crippen LogP contribution in [0.3, 0.4) is 0 Å². The smallest absolute Gasteiger partial charge is 0.274 e. The van der Waals surface area contributed by atoms with E-state index in [4.69, 9.17) is 0 Å². The molecule has 0 unspecified atom stereocenters. The maximum Gasteiger partial charge on any atom is 0.274 e. The third-order valence-corrected chi connectivity index (χ3v) is 5.40. The lowest BCUT2D eigenvalue weighted by Gasteiger charge is -2.23. The van der Waals surface area contributed by atoms with Gasteiger partial charge in [-0.3, -0.25) is 9.48 Å². The van der Waals surface area contributed by atoms with E-state index in [1.165, 1.54) is 9.75 Å². The van der Waals surface area contributed by atoms with Crippen LogP contribution in [-0.4, -0.2) is 52.7 Å². The summed E-state index contributed by atoms with van der Waals surface area (Å²) in [6.07, 6.45) is 0. The molecule has 0 saturated heterocycles. The van der Waals surface area contributed by atoms with Gasteiger partial charge in [0.15, 0.2) is 5.69 Å². The molecule has 0 atom stereocenters. The molecule has 3 rings (SSSR count). The summed E-state index contributed by atoms with van der Waals surface area (Å²) in [5, 5.41) is 4.50. The largest absolute Gasteiger partial charge is 0.331 e. The van der Waals surface area contributed by atoms with Gasteiger partial charge in [0.25, 0.3) is 5.91 Å². The van der Waals surface area contributed by atoms with E-state index in [1.54, 1.807) is 16.0 Å². The fraction of sp³-hybridized carbons (Fsp3) is 0.333. The van der Waals surface area contributed by atoms with Gasteiger partial charge in [-0.15, -0.1) is 11.3 Å². The van der Waals surface area contributed by atoms with Gasteiger partial charge in [0, 0.05) is 29.9 Å². The average Bonchev–Trinajstić information content (AvgIpc) is 3.24. The fourth-order valence-electron chi connectivity index (χ4n) is 2.94. The number of aromatic nitrogens is 2. The fourth-order valence-corrected chi connectivity index (χ4v) is 3.85. The molecule has 0 bridgehead atoms. The van der Waals surface area contributed by atoms with Crippen molar-refractivity contribution in [3.63, 3.8) is 0 Å². The zero-order valence-electron chi connectivity index (χ0n) is 16.3. The first-order valence-corrected chi connectivity index (χ1v) is 9.84. The van der Waals surface area contributed by atoms with Crippen molar-refractivity contribution in [3.05, 3.63) is 64.0 Å². The second-order valence-electron chi connectivity index (χ2n) is 6.95. The zero-order valence-corrected chi connectivity index (χ0v) is 17.2. The van der Waals surface area contributed by atoms with E-state index in [0.29, 0.717) is 18.8 Å². The molecule has 2 aromatic heterocycles. The predicted octanol–water partition coefficient (Wildman–Crippen LogP) is 3.66. The highest BCUT2D eigenvalue weighted by Gasteiger charge is 2.21. The molecule has 0 radical (unpaired) electrons. The number of hydrogen-bond acceptors (Lipinski definition) is 4. The lowest BCUT2D eigenvalue weighted by molar-refractivity contribution is 0.0727. The normalized spacial score (nSPS) is 11.1. The van der Waals surface area contributed by atoms with Crippen molar-refractivity contribution in [2.24, 2.45) is 7.05 Å². The van der Waals surface area contributed by atoms with E-state index < -0.39 is 0 Å². The highest BCUT2D eigenvalue weighted by Crippen LogP contribution is 2.22. The van der Waals surface area contributed by atoms with Gasteiger partial charge in [0.05, 0.1) is 12.2 Å². The number of rotatable bonds is 7. The van der Waals surface area contributed by atoms with Crippen LogP contribution in [0.2, 0.25) is 0 Å². The Bertz CT molecular complexity index is 898. The van der Waals surface area contributed by atoms with Crippen LogP contribution >= 0.6 is 11.3 Å². The molecule has 0 aliphatic rings. The maximum absolute atomic E-state index is 13.2. The molecular weight excluding hydrogens is 356 g/mol. The first-order chi connectivity index (χ1) is 12.9. The Kier molecular flexibility index (Phi) is 6.08. The molecule has 0 fully saturated rings. The number of carbonyl (C=O) groups is 1. The Hall–Kier alpha value is -2.44. The van der Waals surface area contributed by atoms with Crippen LogP contribution in [0.15, 0.2) is 48.5 Å². The standard InChI is InChI=1S/C21H26N4OS/c1-16-10-11-18(27-16)15-25(13-12-23(2)3)21(26)19-14-20(24(4)22-19)17-8-6-5-7-9-17/h5-11,14H,12-13,15H2,1-4H3. The molecule has 0 saturated carbocycles. The van der Waals surface area contributed by atoms with E-state index in [1.807, 2.05) is 62.4 Å². The van der Waals surface area contributed by atoms with E-state index in [-0.39, 0.29) is 5.91 Å². The Balaban J connectivity index is 1.84. The number of amides is 1. The summed E-state index contributed by atoms with van der Waals surface area (Å²) in [6.45, 7) is 4.18. The highest BCUT2D eigenvalue weighted by molar-refractivity contribution is 7.11. The van der Waals surface area contributed by atoms with Gasteiger partial charge in [0.1, 0.15) is 0 Å². The van der Waals surface area contributed by atoms with Crippen molar-refractivity contribution in [2.75, 3.05) is 27.2 Å². The molecule has 1 aromatic carbocycles. The minimum absolute atomic E-state index is 0.0271. The molecule has 6 heteroatoms. The van der Waals surface area contributed by atoms with Crippen LogP contribution < -0.4 is 0 Å². The molecule has 0 N–H and O–H groups in total. The van der Waals surface area contributed by atoms with Gasteiger partial charge in [-0.2, -0.15) is 5.10 Å². The van der Waals surface area contributed by atoms with Crippen LogP contribution in [-0.2, 0) is 13.6 Å². The summed E-state index contributed by atoms with van der Waals surface area (Å²) >= 11 is 1.74. The van der Waals surface area contributed by atoms with Crippen LogP contribution in [0.4, 0.5) is 0 Å². The van der Waals surface area contributed by atoms with Crippen LogP contribution in [0.1, 0.15) is 20.2 Å².